The molecule has 0 aromatic rings. The summed E-state index contributed by atoms with van der Waals surface area (Å²) in [6.07, 6.45) is 10.8. The molecule has 0 aromatic carbocycles. The molecule has 0 rings (SSSR count). The summed E-state index contributed by atoms with van der Waals surface area (Å²) in [6.45, 7) is 7.47. The van der Waals surface area contributed by atoms with Crippen LogP contribution in [0, 0.1) is 0 Å². The van der Waals surface area contributed by atoms with Crippen LogP contribution in [0.25, 0.3) is 0 Å². The van der Waals surface area contributed by atoms with E-state index < -0.39 is 60.2 Å². The molecule has 0 unspecified atom stereocenters. The Bertz CT molecular complexity index is 913. The number of allylic oxidation sites excluding steroid dienone is 1. The third-order valence-electron chi connectivity index (χ3n) is 6.95. The summed E-state index contributed by atoms with van der Waals surface area (Å²) in [5, 5.41) is 25.6. The van der Waals surface area contributed by atoms with Crippen LogP contribution < -0.4 is 16.0 Å². The van der Waals surface area contributed by atoms with Gasteiger partial charge in [0.1, 0.15) is 18.1 Å². The van der Waals surface area contributed by atoms with Gasteiger partial charge in [0.15, 0.2) is 0 Å². The van der Waals surface area contributed by atoms with Crippen molar-refractivity contribution in [3.63, 3.8) is 0 Å². The van der Waals surface area contributed by atoms with Crippen LogP contribution in [0.4, 0.5) is 4.53 Å². The van der Waals surface area contributed by atoms with Gasteiger partial charge in [0.2, 0.25) is 17.7 Å². The molecule has 0 radical (unpaired) electrons. The van der Waals surface area contributed by atoms with Gasteiger partial charge in [0.25, 0.3) is 0 Å². The van der Waals surface area contributed by atoms with Crippen LogP contribution in [0.5, 0.6) is 0 Å². The third-order valence-corrected chi connectivity index (χ3v) is 6.95. The lowest BCUT2D eigenvalue weighted by molar-refractivity contribution is -0.186. The van der Waals surface area contributed by atoms with Gasteiger partial charge in [-0.25, -0.2) is 14.4 Å². The van der Waals surface area contributed by atoms with Crippen molar-refractivity contribution in [2.45, 2.75) is 141 Å². The summed E-state index contributed by atoms with van der Waals surface area (Å²) in [4.78, 5) is 73.9. The lowest BCUT2D eigenvalue weighted by Crippen LogP contribution is -2.45. The summed E-state index contributed by atoms with van der Waals surface area (Å²) in [7, 11) is 0. The number of hydrogen-bond donors (Lipinski definition) is 5. The van der Waals surface area contributed by atoms with Crippen molar-refractivity contribution in [1.29, 1.82) is 0 Å². The summed E-state index contributed by atoms with van der Waals surface area (Å²) >= 11 is 0. The maximum absolute atomic E-state index is 12.3. The molecule has 0 spiro atoms. The number of unbranched alkanes of at least 4 members (excludes halogenated alkanes) is 9. The van der Waals surface area contributed by atoms with E-state index in [0.29, 0.717) is 6.42 Å². The van der Waals surface area contributed by atoms with Gasteiger partial charge < -0.3 is 26.2 Å². The summed E-state index contributed by atoms with van der Waals surface area (Å²) in [6, 6.07) is -4.01. The van der Waals surface area contributed by atoms with E-state index in [-0.39, 0.29) is 32.1 Å². The predicted octanol–water partition coefficient (Wildman–Crippen LogP) is 4.27. The second-order valence-corrected chi connectivity index (χ2v) is 10.9. The highest BCUT2D eigenvalue weighted by Gasteiger charge is 2.26. The second-order valence-electron chi connectivity index (χ2n) is 10.9. The maximum atomic E-state index is 12.3. The van der Waals surface area contributed by atoms with Gasteiger partial charge in [-0.3, -0.25) is 19.3 Å². The number of aliphatic carboxylic acids is 2. The first-order valence-corrected chi connectivity index (χ1v) is 15.2. The molecule has 3 amide bonds. The van der Waals surface area contributed by atoms with E-state index in [1.165, 1.54) is 44.6 Å². The molecule has 5 N–H and O–H groups in total. The second kappa shape index (κ2) is 24.0. The first-order valence-electron chi connectivity index (χ1n) is 15.2. The van der Waals surface area contributed by atoms with E-state index in [2.05, 4.69) is 34.4 Å². The van der Waals surface area contributed by atoms with Crippen molar-refractivity contribution in [2.24, 2.45) is 0 Å². The number of carboxylic acid groups (broad SMARTS) is 2. The Kier molecular flexibility index (Phi) is 22.0. The number of amides is 3. The first-order chi connectivity index (χ1) is 20.4. The van der Waals surface area contributed by atoms with Crippen molar-refractivity contribution in [1.82, 2.24) is 16.0 Å². The molecular weight excluding hydrogens is 565 g/mol. The van der Waals surface area contributed by atoms with Crippen LogP contribution in [-0.4, -0.2) is 64.0 Å². The molecule has 3 atom stereocenters. The highest BCUT2D eigenvalue weighted by Crippen LogP contribution is 2.13. The number of hydrogen-bond acceptors (Lipinski definition) is 7. The smallest absolute Gasteiger partial charge is 0.370 e. The summed E-state index contributed by atoms with van der Waals surface area (Å²) in [5.74, 6) is -5.97. The van der Waals surface area contributed by atoms with E-state index in [0.717, 1.165) is 32.1 Å². The Morgan fingerprint density at radius 2 is 0.977 bits per heavy atom. The number of nitrogens with one attached hydrogen (secondary N) is 3. The zero-order chi connectivity index (χ0) is 32.6. The van der Waals surface area contributed by atoms with E-state index in [9.17, 15) is 43.5 Å². The number of rotatable bonds is 26. The number of carbonyl (C=O) groups is 6. The van der Waals surface area contributed by atoms with Crippen molar-refractivity contribution < 1.29 is 48.4 Å². The minimum Gasteiger partial charge on any atom is -0.480 e. The van der Waals surface area contributed by atoms with E-state index in [1.54, 1.807) is 0 Å². The van der Waals surface area contributed by atoms with Crippen molar-refractivity contribution >= 4 is 35.6 Å². The highest BCUT2D eigenvalue weighted by molar-refractivity contribution is 5.87. The van der Waals surface area contributed by atoms with Crippen LogP contribution in [-0.2, 0) is 33.7 Å². The topological polar surface area (TPSA) is 188 Å². The van der Waals surface area contributed by atoms with Gasteiger partial charge in [0.05, 0.1) is 0 Å². The van der Waals surface area contributed by atoms with Gasteiger partial charge in [0, 0.05) is 23.8 Å². The molecule has 0 aliphatic carbocycles. The van der Waals surface area contributed by atoms with Crippen molar-refractivity contribution in [3.8, 4) is 0 Å². The zero-order valence-electron chi connectivity index (χ0n) is 25.6. The number of carboxylic acids is 2. The van der Waals surface area contributed by atoms with Crippen molar-refractivity contribution in [2.75, 3.05) is 0 Å². The molecule has 0 aliphatic rings. The van der Waals surface area contributed by atoms with Crippen LogP contribution in [0.1, 0.15) is 123 Å². The van der Waals surface area contributed by atoms with E-state index in [1.807, 2.05) is 0 Å². The molecule has 0 heterocycles. The first kappa shape index (κ1) is 39.5. The molecule has 0 saturated heterocycles. The zero-order valence-corrected chi connectivity index (χ0v) is 25.6. The fourth-order valence-corrected chi connectivity index (χ4v) is 4.37. The van der Waals surface area contributed by atoms with Crippen molar-refractivity contribution in [3.05, 3.63) is 12.2 Å². The molecule has 13 heteroatoms. The highest BCUT2D eigenvalue weighted by atomic mass is 19.3. The largest absolute Gasteiger partial charge is 0.480 e. The molecule has 0 aliphatic heterocycles. The molecule has 43 heavy (non-hydrogen) atoms. The Morgan fingerprint density at radius 3 is 1.33 bits per heavy atom. The van der Waals surface area contributed by atoms with E-state index >= 15 is 0 Å². The average molecular weight is 616 g/mol. The molecule has 12 nitrogen and oxygen atoms in total. The van der Waals surface area contributed by atoms with Gasteiger partial charge in [-0.05, 0) is 45.4 Å². The maximum Gasteiger partial charge on any atom is 0.370 e. The van der Waals surface area contributed by atoms with Crippen LogP contribution in [0.15, 0.2) is 12.2 Å². The van der Waals surface area contributed by atoms with Gasteiger partial charge >= 0.3 is 17.9 Å². The quantitative estimate of drug-likeness (QED) is 0.0699. The Hall–Kier alpha value is -3.51. The summed E-state index contributed by atoms with van der Waals surface area (Å²) < 4.78 is 12.1. The number of halogens is 1. The standard InChI is InChI=1S/C30H50FN3O9/c1-4-22(30(42)43-31)32-26(36)19-17-24(29(40)41)34-27(37)20-18-23(28(38)39)33-25(35)16-14-12-10-8-6-5-7-9-11-13-15-21(2)3/h22-24H,2,4-20H2,1,3H3,(H,32,36)(H,33,35)(H,34,37)(H,38,39)(H,40,41)/t22-,23-,24-/m0/s1. The molecule has 246 valence electrons. The van der Waals surface area contributed by atoms with Crippen LogP contribution in [0.3, 0.4) is 0 Å². The lowest BCUT2D eigenvalue weighted by Gasteiger charge is -2.17. The molecule has 0 fully saturated rings. The van der Waals surface area contributed by atoms with Gasteiger partial charge in [-0.15, -0.1) is 6.58 Å². The minimum atomic E-state index is -1.46. The normalized spacial score (nSPS) is 12.8. The van der Waals surface area contributed by atoms with E-state index in [4.69, 9.17) is 0 Å². The lowest BCUT2D eigenvalue weighted by atomic mass is 10.0. The average Bonchev–Trinajstić information content (AvgIpc) is 2.95. The Morgan fingerprint density at radius 1 is 0.628 bits per heavy atom. The molecule has 0 aromatic heterocycles. The molecule has 0 saturated carbocycles. The minimum absolute atomic E-state index is 0.0477. The fourth-order valence-electron chi connectivity index (χ4n) is 4.37. The van der Waals surface area contributed by atoms with Crippen LogP contribution >= 0.6 is 0 Å². The van der Waals surface area contributed by atoms with Gasteiger partial charge in [-0.2, -0.15) is 0 Å². The summed E-state index contributed by atoms with van der Waals surface area (Å²) in [5.41, 5.74) is 1.23. The molecule has 0 bridgehead atoms. The third kappa shape index (κ3) is 20.9. The SMILES string of the molecule is C=C(C)CCCCCCCCCCCCC(=O)N[C@@H](CCC(=O)N[C@@H](CCC(=O)N[C@@H](CC)C(=O)OF)C(=O)O)C(=O)O. The fraction of sp³-hybridized carbons (Fsp3) is 0.733. The Balaban J connectivity index is 4.31. The molecular formula is C30H50FN3O9. The monoisotopic (exact) mass is 615 g/mol. The Labute approximate surface area is 253 Å². The van der Waals surface area contributed by atoms with Crippen LogP contribution in [0.2, 0.25) is 0 Å². The number of carbonyl (C=O) groups excluding carboxylic acids is 4. The van der Waals surface area contributed by atoms with Gasteiger partial charge in [-0.1, -0.05) is 63.9 Å². The predicted molar refractivity (Wildman–Crippen MR) is 157 cm³/mol.